The van der Waals surface area contributed by atoms with Crippen LogP contribution in [-0.2, 0) is 0 Å². The molecule has 2 N–H and O–H groups in total. The van der Waals surface area contributed by atoms with Crippen molar-refractivity contribution >= 4 is 11.8 Å². The number of carboxylic acid groups (broad SMARTS) is 1. The number of nitrogens with one attached hydrogen (secondary N) is 1. The highest BCUT2D eigenvalue weighted by Gasteiger charge is 2.15. The molecule has 0 unspecified atom stereocenters. The van der Waals surface area contributed by atoms with Gasteiger partial charge in [0.05, 0.1) is 0 Å². The van der Waals surface area contributed by atoms with Crippen LogP contribution in [0.15, 0.2) is 6.07 Å². The van der Waals surface area contributed by atoms with Gasteiger partial charge in [0.1, 0.15) is 11.4 Å². The van der Waals surface area contributed by atoms with Gasteiger partial charge < -0.3 is 15.3 Å². The number of hydrogen-bond acceptors (Lipinski definition) is 4. The number of anilines is 1. The summed E-state index contributed by atoms with van der Waals surface area (Å²) in [6.45, 7) is 5.14. The van der Waals surface area contributed by atoms with Crippen LogP contribution < -0.4 is 5.32 Å². The first-order chi connectivity index (χ1) is 7.91. The number of rotatable bonds is 5. The molecule has 1 rings (SSSR count). The minimum absolute atomic E-state index is 0.259. The summed E-state index contributed by atoms with van der Waals surface area (Å²) in [5, 5.41) is 12.2. The molecule has 0 fully saturated rings. The zero-order chi connectivity index (χ0) is 13.0. The molecule has 0 aliphatic rings. The molecule has 0 atom stereocenters. The van der Waals surface area contributed by atoms with E-state index in [1.54, 1.807) is 13.0 Å². The predicted molar refractivity (Wildman–Crippen MR) is 67.7 cm³/mol. The summed E-state index contributed by atoms with van der Waals surface area (Å²) in [4.78, 5) is 17.4. The highest BCUT2D eigenvalue weighted by molar-refractivity contribution is 5.94. The van der Waals surface area contributed by atoms with Crippen LogP contribution in [0, 0.1) is 13.8 Å². The summed E-state index contributed by atoms with van der Waals surface area (Å²) < 4.78 is 0. The number of carboxylic acids is 1. The Morgan fingerprint density at radius 3 is 2.65 bits per heavy atom. The Morgan fingerprint density at radius 1 is 1.47 bits per heavy atom. The lowest BCUT2D eigenvalue weighted by molar-refractivity contribution is 0.0697. The van der Waals surface area contributed by atoms with E-state index < -0.39 is 5.97 Å². The fourth-order valence-corrected chi connectivity index (χ4v) is 1.63. The molecule has 0 radical (unpaired) electrons. The molecule has 0 spiro atoms. The van der Waals surface area contributed by atoms with E-state index >= 15 is 0 Å². The summed E-state index contributed by atoms with van der Waals surface area (Å²) in [6, 6.07) is 1.78. The molecule has 5 heteroatoms. The Bertz CT molecular complexity index is 416. The highest BCUT2D eigenvalue weighted by Crippen LogP contribution is 2.18. The van der Waals surface area contributed by atoms with Crippen molar-refractivity contribution in [1.29, 1.82) is 0 Å². The number of aromatic carboxylic acids is 1. The van der Waals surface area contributed by atoms with Gasteiger partial charge in [-0.3, -0.25) is 0 Å². The molecule has 1 aromatic heterocycles. The molecule has 1 heterocycles. The maximum atomic E-state index is 11.2. The van der Waals surface area contributed by atoms with Gasteiger partial charge in [-0.25, -0.2) is 9.78 Å². The molecular formula is C12H19N3O2. The van der Waals surface area contributed by atoms with Crippen molar-refractivity contribution in [2.45, 2.75) is 13.8 Å². The van der Waals surface area contributed by atoms with Crippen molar-refractivity contribution in [2.75, 3.05) is 32.5 Å². The number of carbonyl (C=O) groups is 1. The van der Waals surface area contributed by atoms with Crippen LogP contribution in [0.3, 0.4) is 0 Å². The second-order valence-corrected chi connectivity index (χ2v) is 4.34. The van der Waals surface area contributed by atoms with Crippen molar-refractivity contribution in [3.05, 3.63) is 22.9 Å². The fourth-order valence-electron chi connectivity index (χ4n) is 1.63. The van der Waals surface area contributed by atoms with Crippen molar-refractivity contribution < 1.29 is 9.90 Å². The quantitative estimate of drug-likeness (QED) is 0.809. The molecule has 94 valence electrons. The molecule has 0 bridgehead atoms. The SMILES string of the molecule is Cc1cc(C)c(C(=O)O)c(NCCN(C)C)n1. The minimum Gasteiger partial charge on any atom is -0.478 e. The summed E-state index contributed by atoms with van der Waals surface area (Å²) >= 11 is 0. The smallest absolute Gasteiger partial charge is 0.339 e. The average molecular weight is 237 g/mol. The topological polar surface area (TPSA) is 65.5 Å². The van der Waals surface area contributed by atoms with Gasteiger partial charge in [0.15, 0.2) is 0 Å². The molecule has 0 saturated heterocycles. The Morgan fingerprint density at radius 2 is 2.12 bits per heavy atom. The average Bonchev–Trinajstić information content (AvgIpc) is 2.14. The number of likely N-dealkylation sites (N-methyl/N-ethyl adjacent to an activating group) is 1. The molecule has 5 nitrogen and oxygen atoms in total. The highest BCUT2D eigenvalue weighted by atomic mass is 16.4. The lowest BCUT2D eigenvalue weighted by atomic mass is 10.1. The van der Waals surface area contributed by atoms with Gasteiger partial charge in [-0.1, -0.05) is 0 Å². The fraction of sp³-hybridized carbons (Fsp3) is 0.500. The van der Waals surface area contributed by atoms with E-state index in [1.807, 2.05) is 25.9 Å². The molecule has 0 amide bonds. The minimum atomic E-state index is -0.942. The molecular weight excluding hydrogens is 218 g/mol. The lowest BCUT2D eigenvalue weighted by Gasteiger charge is -2.14. The van der Waals surface area contributed by atoms with E-state index in [4.69, 9.17) is 5.11 Å². The first-order valence-corrected chi connectivity index (χ1v) is 5.52. The Kier molecular flexibility index (Phi) is 4.45. The van der Waals surface area contributed by atoms with Crippen molar-refractivity contribution in [2.24, 2.45) is 0 Å². The third-order valence-corrected chi connectivity index (χ3v) is 2.41. The van der Waals surface area contributed by atoms with Crippen LogP contribution in [0.25, 0.3) is 0 Å². The van der Waals surface area contributed by atoms with Gasteiger partial charge in [-0.2, -0.15) is 0 Å². The van der Waals surface area contributed by atoms with Gasteiger partial charge in [0, 0.05) is 18.8 Å². The first kappa shape index (κ1) is 13.4. The first-order valence-electron chi connectivity index (χ1n) is 5.52. The standard InChI is InChI=1S/C12H19N3O2/c1-8-7-9(2)14-11(10(8)12(16)17)13-5-6-15(3)4/h7H,5-6H2,1-4H3,(H,13,14)(H,16,17). The molecule has 0 aliphatic carbocycles. The van der Waals surface area contributed by atoms with E-state index in [1.165, 1.54) is 0 Å². The summed E-state index contributed by atoms with van der Waals surface area (Å²) in [5.41, 5.74) is 1.81. The van der Waals surface area contributed by atoms with Gasteiger partial charge >= 0.3 is 5.97 Å². The second kappa shape index (κ2) is 5.63. The van der Waals surface area contributed by atoms with E-state index in [2.05, 4.69) is 10.3 Å². The molecule has 17 heavy (non-hydrogen) atoms. The number of aromatic nitrogens is 1. The van der Waals surface area contributed by atoms with Crippen LogP contribution in [0.5, 0.6) is 0 Å². The Balaban J connectivity index is 2.92. The number of hydrogen-bond donors (Lipinski definition) is 2. The van der Waals surface area contributed by atoms with E-state index in [0.717, 1.165) is 17.8 Å². The molecule has 0 aliphatic heterocycles. The zero-order valence-corrected chi connectivity index (χ0v) is 10.7. The number of pyridine rings is 1. The van der Waals surface area contributed by atoms with Crippen LogP contribution in [-0.4, -0.2) is 48.1 Å². The molecule has 1 aromatic rings. The van der Waals surface area contributed by atoms with Crippen LogP contribution in [0.1, 0.15) is 21.6 Å². The summed E-state index contributed by atoms with van der Waals surface area (Å²) in [5.74, 6) is -0.487. The Labute approximate surface area is 101 Å². The van der Waals surface area contributed by atoms with E-state index in [-0.39, 0.29) is 5.56 Å². The third-order valence-electron chi connectivity index (χ3n) is 2.41. The monoisotopic (exact) mass is 237 g/mol. The number of nitrogens with zero attached hydrogens (tertiary/aromatic N) is 2. The lowest BCUT2D eigenvalue weighted by Crippen LogP contribution is -2.22. The summed E-state index contributed by atoms with van der Waals surface area (Å²) in [6.07, 6.45) is 0. The molecule has 0 aromatic carbocycles. The maximum Gasteiger partial charge on any atom is 0.339 e. The zero-order valence-electron chi connectivity index (χ0n) is 10.7. The van der Waals surface area contributed by atoms with Gasteiger partial charge in [-0.05, 0) is 39.6 Å². The normalized spacial score (nSPS) is 10.6. The van der Waals surface area contributed by atoms with Crippen molar-refractivity contribution in [3.8, 4) is 0 Å². The van der Waals surface area contributed by atoms with Crippen LogP contribution >= 0.6 is 0 Å². The number of aryl methyl sites for hydroxylation is 2. The largest absolute Gasteiger partial charge is 0.478 e. The van der Waals surface area contributed by atoms with E-state index in [9.17, 15) is 4.79 Å². The van der Waals surface area contributed by atoms with Gasteiger partial charge in [0.2, 0.25) is 0 Å². The second-order valence-electron chi connectivity index (χ2n) is 4.34. The Hall–Kier alpha value is -1.62. The van der Waals surface area contributed by atoms with E-state index in [0.29, 0.717) is 12.4 Å². The van der Waals surface area contributed by atoms with Crippen molar-refractivity contribution in [1.82, 2.24) is 9.88 Å². The van der Waals surface area contributed by atoms with Gasteiger partial charge in [0.25, 0.3) is 0 Å². The predicted octanol–water partition coefficient (Wildman–Crippen LogP) is 1.37. The third kappa shape index (κ3) is 3.71. The maximum absolute atomic E-state index is 11.2. The van der Waals surface area contributed by atoms with Gasteiger partial charge in [-0.15, -0.1) is 0 Å². The summed E-state index contributed by atoms with van der Waals surface area (Å²) in [7, 11) is 3.93. The van der Waals surface area contributed by atoms with Crippen LogP contribution in [0.4, 0.5) is 5.82 Å². The molecule has 0 saturated carbocycles. The van der Waals surface area contributed by atoms with Crippen molar-refractivity contribution in [3.63, 3.8) is 0 Å². The van der Waals surface area contributed by atoms with Crippen LogP contribution in [0.2, 0.25) is 0 Å².